The molecule has 1 aromatic carbocycles. The third-order valence-electron chi connectivity index (χ3n) is 2.85. The highest BCUT2D eigenvalue weighted by molar-refractivity contribution is 7.15. The molecule has 2 aromatic rings. The molecule has 0 fully saturated rings. The van der Waals surface area contributed by atoms with E-state index in [2.05, 4.69) is 10.3 Å². The molecular weight excluding hydrogens is 280 g/mol. The molecule has 0 aliphatic heterocycles. The Morgan fingerprint density at radius 3 is 2.74 bits per heavy atom. The van der Waals surface area contributed by atoms with Crippen molar-refractivity contribution >= 4 is 34.0 Å². The maximum absolute atomic E-state index is 11.8. The monoisotopic (exact) mass is 294 g/mol. The van der Waals surface area contributed by atoms with Crippen LogP contribution >= 0.6 is 22.9 Å². The number of carbonyl (C=O) groups is 1. The summed E-state index contributed by atoms with van der Waals surface area (Å²) in [5.41, 5.74) is 1.96. The van der Waals surface area contributed by atoms with Gasteiger partial charge in [-0.25, -0.2) is 4.98 Å². The van der Waals surface area contributed by atoms with E-state index in [-0.39, 0.29) is 5.91 Å². The van der Waals surface area contributed by atoms with Crippen LogP contribution in [0, 0.1) is 13.8 Å². The van der Waals surface area contributed by atoms with Crippen LogP contribution in [0.2, 0.25) is 5.02 Å². The Kier molecular flexibility index (Phi) is 4.56. The quantitative estimate of drug-likeness (QED) is 0.926. The molecule has 1 N–H and O–H groups in total. The van der Waals surface area contributed by atoms with Gasteiger partial charge in [-0.15, -0.1) is 11.3 Å². The van der Waals surface area contributed by atoms with Crippen LogP contribution in [0.4, 0.5) is 5.13 Å². The lowest BCUT2D eigenvalue weighted by Gasteiger charge is -2.04. The van der Waals surface area contributed by atoms with Crippen molar-refractivity contribution < 1.29 is 4.79 Å². The number of anilines is 1. The average Bonchev–Trinajstić information content (AvgIpc) is 2.67. The van der Waals surface area contributed by atoms with E-state index >= 15 is 0 Å². The molecule has 0 aliphatic carbocycles. The summed E-state index contributed by atoms with van der Waals surface area (Å²) in [5.74, 6) is -0.0336. The number of amides is 1. The average molecular weight is 295 g/mol. The Labute approximate surface area is 121 Å². The van der Waals surface area contributed by atoms with E-state index in [4.69, 9.17) is 11.6 Å². The Bertz CT molecular complexity index is 575. The highest BCUT2D eigenvalue weighted by atomic mass is 35.5. The number of nitrogens with zero attached hydrogens (tertiary/aromatic N) is 1. The minimum absolute atomic E-state index is 0.0336. The second-order valence-corrected chi connectivity index (χ2v) is 5.91. The van der Waals surface area contributed by atoms with Crippen molar-refractivity contribution in [1.29, 1.82) is 0 Å². The van der Waals surface area contributed by atoms with Gasteiger partial charge in [0.25, 0.3) is 0 Å². The Hall–Kier alpha value is -1.39. The fourth-order valence-electron chi connectivity index (χ4n) is 1.66. The van der Waals surface area contributed by atoms with Gasteiger partial charge >= 0.3 is 0 Å². The molecule has 3 nitrogen and oxygen atoms in total. The number of rotatable bonds is 4. The van der Waals surface area contributed by atoms with Crippen molar-refractivity contribution in [2.75, 3.05) is 5.32 Å². The van der Waals surface area contributed by atoms with Crippen LogP contribution in [0.3, 0.4) is 0 Å². The smallest absolute Gasteiger partial charge is 0.226 e. The Balaban J connectivity index is 1.90. The van der Waals surface area contributed by atoms with E-state index in [1.54, 1.807) is 0 Å². The highest BCUT2D eigenvalue weighted by Crippen LogP contribution is 2.21. The maximum atomic E-state index is 11.8. The number of aryl methyl sites for hydroxylation is 3. The summed E-state index contributed by atoms with van der Waals surface area (Å²) in [6, 6.07) is 7.58. The van der Waals surface area contributed by atoms with E-state index in [9.17, 15) is 4.79 Å². The third-order valence-corrected chi connectivity index (χ3v) is 4.21. The van der Waals surface area contributed by atoms with E-state index in [1.807, 2.05) is 38.1 Å². The zero-order chi connectivity index (χ0) is 13.8. The summed E-state index contributed by atoms with van der Waals surface area (Å²) in [6.07, 6.45) is 1.04. The lowest BCUT2D eigenvalue weighted by Crippen LogP contribution is -2.12. The second-order valence-electron chi connectivity index (χ2n) is 4.30. The van der Waals surface area contributed by atoms with Crippen molar-refractivity contribution in [2.45, 2.75) is 26.7 Å². The van der Waals surface area contributed by atoms with E-state index in [0.29, 0.717) is 23.0 Å². The van der Waals surface area contributed by atoms with E-state index in [1.165, 1.54) is 11.3 Å². The van der Waals surface area contributed by atoms with Crippen LogP contribution in [0.1, 0.15) is 22.6 Å². The minimum Gasteiger partial charge on any atom is -0.302 e. The van der Waals surface area contributed by atoms with Gasteiger partial charge < -0.3 is 5.32 Å². The number of benzene rings is 1. The summed E-state index contributed by atoms with van der Waals surface area (Å²) in [7, 11) is 0. The molecule has 0 aliphatic rings. The molecule has 19 heavy (non-hydrogen) atoms. The van der Waals surface area contributed by atoms with Gasteiger partial charge in [0.2, 0.25) is 5.91 Å². The zero-order valence-corrected chi connectivity index (χ0v) is 12.4. The van der Waals surface area contributed by atoms with Crippen molar-refractivity contribution in [1.82, 2.24) is 4.98 Å². The lowest BCUT2D eigenvalue weighted by atomic mass is 10.1. The van der Waals surface area contributed by atoms with Crippen LogP contribution in [0.15, 0.2) is 24.3 Å². The number of aromatic nitrogens is 1. The van der Waals surface area contributed by atoms with Gasteiger partial charge in [-0.3, -0.25) is 4.79 Å². The fraction of sp³-hybridized carbons (Fsp3) is 0.286. The fourth-order valence-corrected chi connectivity index (χ4v) is 2.72. The van der Waals surface area contributed by atoms with Crippen LogP contribution in [-0.4, -0.2) is 10.9 Å². The predicted molar refractivity (Wildman–Crippen MR) is 80.0 cm³/mol. The topological polar surface area (TPSA) is 42.0 Å². The summed E-state index contributed by atoms with van der Waals surface area (Å²) < 4.78 is 0. The van der Waals surface area contributed by atoms with Crippen LogP contribution in [-0.2, 0) is 11.2 Å². The van der Waals surface area contributed by atoms with E-state index in [0.717, 1.165) is 16.1 Å². The molecule has 100 valence electrons. The number of thiazole rings is 1. The molecule has 0 unspecified atom stereocenters. The standard InChI is InChI=1S/C14H15ClN2OS/c1-9-10(2)19-14(16-9)17-13(18)8-7-11-5-3-4-6-12(11)15/h3-6H,7-8H2,1-2H3,(H,16,17,18). The molecule has 0 radical (unpaired) electrons. The van der Waals surface area contributed by atoms with E-state index < -0.39 is 0 Å². The SMILES string of the molecule is Cc1nc(NC(=O)CCc2ccccc2Cl)sc1C. The van der Waals surface area contributed by atoms with Gasteiger partial charge in [0.1, 0.15) is 0 Å². The number of hydrogen-bond donors (Lipinski definition) is 1. The summed E-state index contributed by atoms with van der Waals surface area (Å²) in [6.45, 7) is 3.93. The third kappa shape index (κ3) is 3.78. The van der Waals surface area contributed by atoms with Gasteiger partial charge in [-0.2, -0.15) is 0 Å². The van der Waals surface area contributed by atoms with Crippen molar-refractivity contribution in [3.05, 3.63) is 45.4 Å². The van der Waals surface area contributed by atoms with Gasteiger partial charge in [0.15, 0.2) is 5.13 Å². The number of carbonyl (C=O) groups excluding carboxylic acids is 1. The van der Waals surface area contributed by atoms with Gasteiger partial charge in [0.05, 0.1) is 5.69 Å². The number of halogens is 1. The van der Waals surface area contributed by atoms with Crippen molar-refractivity contribution in [3.63, 3.8) is 0 Å². The summed E-state index contributed by atoms with van der Waals surface area (Å²) in [4.78, 5) is 17.2. The Morgan fingerprint density at radius 2 is 2.11 bits per heavy atom. The molecule has 0 spiro atoms. The molecule has 0 atom stereocenters. The van der Waals surface area contributed by atoms with Crippen LogP contribution < -0.4 is 5.32 Å². The van der Waals surface area contributed by atoms with Crippen LogP contribution in [0.5, 0.6) is 0 Å². The van der Waals surface area contributed by atoms with Gasteiger partial charge in [-0.1, -0.05) is 29.8 Å². The minimum atomic E-state index is -0.0336. The molecule has 1 heterocycles. The summed E-state index contributed by atoms with van der Waals surface area (Å²) >= 11 is 7.55. The first kappa shape index (κ1) is 14.0. The van der Waals surface area contributed by atoms with Crippen LogP contribution in [0.25, 0.3) is 0 Å². The number of hydrogen-bond acceptors (Lipinski definition) is 3. The molecule has 0 bridgehead atoms. The first-order valence-electron chi connectivity index (χ1n) is 6.03. The van der Waals surface area contributed by atoms with Crippen molar-refractivity contribution in [2.24, 2.45) is 0 Å². The molecular formula is C14H15ClN2OS. The molecule has 1 aromatic heterocycles. The molecule has 0 saturated carbocycles. The van der Waals surface area contributed by atoms with Crippen molar-refractivity contribution in [3.8, 4) is 0 Å². The first-order valence-corrected chi connectivity index (χ1v) is 7.23. The number of nitrogens with one attached hydrogen (secondary N) is 1. The summed E-state index contributed by atoms with van der Waals surface area (Å²) in [5, 5.41) is 4.19. The predicted octanol–water partition coefficient (Wildman–Crippen LogP) is 3.98. The largest absolute Gasteiger partial charge is 0.302 e. The molecule has 2 rings (SSSR count). The highest BCUT2D eigenvalue weighted by Gasteiger charge is 2.09. The normalized spacial score (nSPS) is 10.5. The molecule has 0 saturated heterocycles. The second kappa shape index (κ2) is 6.17. The maximum Gasteiger partial charge on any atom is 0.226 e. The van der Waals surface area contributed by atoms with Gasteiger partial charge in [0, 0.05) is 16.3 Å². The molecule has 5 heteroatoms. The van der Waals surface area contributed by atoms with Gasteiger partial charge in [-0.05, 0) is 31.9 Å². The lowest BCUT2D eigenvalue weighted by molar-refractivity contribution is -0.116. The zero-order valence-electron chi connectivity index (χ0n) is 10.9. The Morgan fingerprint density at radius 1 is 1.37 bits per heavy atom. The first-order chi connectivity index (χ1) is 9.06. The molecule has 1 amide bonds.